The molecule has 0 radical (unpaired) electrons. The van der Waals surface area contributed by atoms with Crippen LogP contribution in [0.5, 0.6) is 5.75 Å². The monoisotopic (exact) mass is 359 g/mol. The van der Waals surface area contributed by atoms with Gasteiger partial charge in [0.2, 0.25) is 0 Å². The summed E-state index contributed by atoms with van der Waals surface area (Å²) in [7, 11) is 1.64. The summed E-state index contributed by atoms with van der Waals surface area (Å²) in [4.78, 5) is 12.2. The highest BCUT2D eigenvalue weighted by Crippen LogP contribution is 2.46. The van der Waals surface area contributed by atoms with Gasteiger partial charge in [-0.1, -0.05) is 53.2 Å². The van der Waals surface area contributed by atoms with E-state index in [-0.39, 0.29) is 17.9 Å². The Bertz CT molecular complexity index is 700. The second kappa shape index (κ2) is 6.13. The molecule has 0 fully saturated rings. The van der Waals surface area contributed by atoms with Gasteiger partial charge < -0.3 is 10.1 Å². The first kappa shape index (κ1) is 15.1. The second-order valence-electron chi connectivity index (χ2n) is 5.40. The molecule has 2 atom stereocenters. The van der Waals surface area contributed by atoms with E-state index in [0.29, 0.717) is 11.3 Å². The van der Waals surface area contributed by atoms with Crippen LogP contribution in [0.3, 0.4) is 0 Å². The Morgan fingerprint density at radius 3 is 2.64 bits per heavy atom. The van der Waals surface area contributed by atoms with Gasteiger partial charge in [0, 0.05) is 23.0 Å². The number of carbonyl (C=O) groups is 1. The van der Waals surface area contributed by atoms with Crippen molar-refractivity contribution in [2.75, 3.05) is 7.05 Å². The number of ether oxygens (including phenoxy) is 1. The predicted octanol–water partition coefficient (Wildman–Crippen LogP) is 4.11. The first-order chi connectivity index (χ1) is 10.7. The van der Waals surface area contributed by atoms with Crippen LogP contribution in [0.25, 0.3) is 0 Å². The van der Waals surface area contributed by atoms with Gasteiger partial charge in [-0.2, -0.15) is 0 Å². The van der Waals surface area contributed by atoms with Crippen LogP contribution in [0.15, 0.2) is 46.9 Å². The summed E-state index contributed by atoms with van der Waals surface area (Å²) in [5, 5.41) is 2.69. The molecule has 1 aliphatic rings. The smallest absolute Gasteiger partial charge is 0.254 e. The van der Waals surface area contributed by atoms with Gasteiger partial charge in [0.1, 0.15) is 11.9 Å². The molecule has 0 saturated heterocycles. The number of fused-ring (bicyclic) bond motifs is 1. The first-order valence-corrected chi connectivity index (χ1v) is 8.22. The van der Waals surface area contributed by atoms with Crippen molar-refractivity contribution >= 4 is 21.8 Å². The Morgan fingerprint density at radius 1 is 1.27 bits per heavy atom. The molecule has 0 spiro atoms. The lowest BCUT2D eigenvalue weighted by atomic mass is 9.86. The molecule has 0 saturated carbocycles. The van der Waals surface area contributed by atoms with Crippen LogP contribution in [0.4, 0.5) is 0 Å². The van der Waals surface area contributed by atoms with Gasteiger partial charge in [-0.25, -0.2) is 0 Å². The molecule has 2 aromatic rings. The fraction of sp³-hybridized carbons (Fsp3) is 0.278. The third-order valence-corrected chi connectivity index (χ3v) is 4.55. The topological polar surface area (TPSA) is 38.3 Å². The zero-order valence-corrected chi connectivity index (χ0v) is 14.2. The lowest BCUT2D eigenvalue weighted by Gasteiger charge is -2.17. The van der Waals surface area contributed by atoms with Gasteiger partial charge in [-0.05, 0) is 24.1 Å². The van der Waals surface area contributed by atoms with Crippen LogP contribution >= 0.6 is 15.9 Å². The zero-order chi connectivity index (χ0) is 15.7. The molecular formula is C18H18BrNO2. The van der Waals surface area contributed by atoms with Crippen LogP contribution in [-0.2, 0) is 0 Å². The number of hydrogen-bond donors (Lipinski definition) is 1. The summed E-state index contributed by atoms with van der Waals surface area (Å²) in [6, 6.07) is 14.2. The fourth-order valence-electron chi connectivity index (χ4n) is 3.07. The highest BCUT2D eigenvalue weighted by atomic mass is 79.9. The Kier molecular flexibility index (Phi) is 4.21. The molecule has 3 nitrogen and oxygen atoms in total. The largest absolute Gasteiger partial charge is 0.488 e. The van der Waals surface area contributed by atoms with Crippen LogP contribution < -0.4 is 10.1 Å². The zero-order valence-electron chi connectivity index (χ0n) is 12.6. The molecule has 3 rings (SSSR count). The molecule has 2 aromatic carbocycles. The minimum absolute atomic E-state index is 0.0510. The fourth-order valence-corrected chi connectivity index (χ4v) is 3.55. The van der Waals surface area contributed by atoms with E-state index in [9.17, 15) is 4.79 Å². The van der Waals surface area contributed by atoms with E-state index < -0.39 is 0 Å². The highest BCUT2D eigenvalue weighted by molar-refractivity contribution is 9.10. The summed E-state index contributed by atoms with van der Waals surface area (Å²) < 4.78 is 7.05. The number of nitrogens with one attached hydrogen (secondary N) is 1. The van der Waals surface area contributed by atoms with Crippen LogP contribution in [0.2, 0.25) is 0 Å². The molecule has 1 N–H and O–H groups in total. The molecule has 1 heterocycles. The van der Waals surface area contributed by atoms with Gasteiger partial charge in [0.15, 0.2) is 0 Å². The van der Waals surface area contributed by atoms with Crippen LogP contribution in [-0.4, -0.2) is 19.1 Å². The first-order valence-electron chi connectivity index (χ1n) is 7.42. The summed E-state index contributed by atoms with van der Waals surface area (Å²) in [6.45, 7) is 2.11. The van der Waals surface area contributed by atoms with E-state index in [2.05, 4.69) is 46.4 Å². The Labute approximate surface area is 138 Å². The van der Waals surface area contributed by atoms with E-state index in [1.54, 1.807) is 7.05 Å². The highest BCUT2D eigenvalue weighted by Gasteiger charge is 2.37. The molecule has 0 bridgehead atoms. The average molecular weight is 360 g/mol. The lowest BCUT2D eigenvalue weighted by molar-refractivity contribution is 0.0957. The minimum Gasteiger partial charge on any atom is -0.488 e. The second-order valence-corrected chi connectivity index (χ2v) is 6.32. The normalized spacial score (nSPS) is 19.4. The molecule has 114 valence electrons. The molecular weight excluding hydrogens is 342 g/mol. The standard InChI is InChI=1S/C18H18BrNO2/c1-3-15-16(11-7-5-4-6-8-11)13-9-12(19)10-14(17(13)22-15)18(21)20-2/h4-10,15-16H,3H2,1-2H3,(H,20,21). The Hall–Kier alpha value is -1.81. The number of halogens is 1. The van der Waals surface area contributed by atoms with Crippen molar-refractivity contribution < 1.29 is 9.53 Å². The van der Waals surface area contributed by atoms with Crippen molar-refractivity contribution in [1.29, 1.82) is 0 Å². The number of benzene rings is 2. The molecule has 0 aromatic heterocycles. The van der Waals surface area contributed by atoms with Crippen LogP contribution in [0.1, 0.15) is 40.7 Å². The minimum atomic E-state index is -0.124. The van der Waals surface area contributed by atoms with Crippen molar-refractivity contribution in [1.82, 2.24) is 5.32 Å². The predicted molar refractivity (Wildman–Crippen MR) is 90.5 cm³/mol. The quantitative estimate of drug-likeness (QED) is 0.895. The maximum atomic E-state index is 12.2. The van der Waals surface area contributed by atoms with Gasteiger partial charge in [-0.3, -0.25) is 4.79 Å². The van der Waals surface area contributed by atoms with Gasteiger partial charge in [0.25, 0.3) is 5.91 Å². The third kappa shape index (κ3) is 2.52. The van der Waals surface area contributed by atoms with Crippen molar-refractivity contribution in [3.63, 3.8) is 0 Å². The Balaban J connectivity index is 2.16. The van der Waals surface area contributed by atoms with E-state index >= 15 is 0 Å². The molecule has 4 heteroatoms. The maximum Gasteiger partial charge on any atom is 0.254 e. The van der Waals surface area contributed by atoms with E-state index in [4.69, 9.17) is 4.74 Å². The van der Waals surface area contributed by atoms with Crippen molar-refractivity contribution in [2.45, 2.75) is 25.4 Å². The number of amides is 1. The van der Waals surface area contributed by atoms with Gasteiger partial charge >= 0.3 is 0 Å². The molecule has 1 aliphatic heterocycles. The van der Waals surface area contributed by atoms with Crippen molar-refractivity contribution in [3.05, 3.63) is 63.6 Å². The van der Waals surface area contributed by atoms with Gasteiger partial charge in [0.05, 0.1) is 5.56 Å². The van der Waals surface area contributed by atoms with Crippen molar-refractivity contribution in [3.8, 4) is 5.75 Å². The third-order valence-electron chi connectivity index (χ3n) is 4.09. The summed E-state index contributed by atoms with van der Waals surface area (Å²) in [5.74, 6) is 0.742. The van der Waals surface area contributed by atoms with Crippen LogP contribution in [0, 0.1) is 0 Å². The lowest BCUT2D eigenvalue weighted by Crippen LogP contribution is -2.20. The summed E-state index contributed by atoms with van der Waals surface area (Å²) >= 11 is 3.52. The number of rotatable bonds is 3. The maximum absolute atomic E-state index is 12.2. The Morgan fingerprint density at radius 2 is 2.00 bits per heavy atom. The molecule has 2 unspecified atom stereocenters. The summed E-state index contributed by atoms with van der Waals surface area (Å²) in [6.07, 6.45) is 0.939. The molecule has 0 aliphatic carbocycles. The van der Waals surface area contributed by atoms with E-state index in [1.807, 2.05) is 24.3 Å². The number of hydrogen-bond acceptors (Lipinski definition) is 2. The summed E-state index contributed by atoms with van der Waals surface area (Å²) in [5.41, 5.74) is 2.88. The van der Waals surface area contributed by atoms with Crippen molar-refractivity contribution in [2.24, 2.45) is 0 Å². The molecule has 22 heavy (non-hydrogen) atoms. The number of carbonyl (C=O) groups excluding carboxylic acids is 1. The van der Waals surface area contributed by atoms with Gasteiger partial charge in [-0.15, -0.1) is 0 Å². The molecule has 1 amide bonds. The van der Waals surface area contributed by atoms with E-state index in [1.165, 1.54) is 5.56 Å². The average Bonchev–Trinajstić information content (AvgIpc) is 2.92. The van der Waals surface area contributed by atoms with E-state index in [0.717, 1.165) is 16.5 Å². The SMILES string of the molecule is CCC1Oc2c(C(=O)NC)cc(Br)cc2C1c1ccccc1.